The number of amides is 2. The average molecular weight is 307 g/mol. The molecule has 4 nitrogen and oxygen atoms in total. The number of benzene rings is 1. The fourth-order valence-corrected chi connectivity index (χ4v) is 2.60. The van der Waals surface area contributed by atoms with Gasteiger partial charge in [0.05, 0.1) is 11.8 Å². The van der Waals surface area contributed by atoms with Crippen molar-refractivity contribution < 1.29 is 9.59 Å². The first-order valence-electron chi connectivity index (χ1n) is 6.91. The standard InChI is InChI=1S/C16H19ClN2O2/c1-19(2)16(21)14-6-4-3-5-13(14)15(20)18-12-9-7-11(17)8-10-12/h3-4,7-10,13-14H,5-6H2,1-2H3,(H,18,20). The van der Waals surface area contributed by atoms with E-state index < -0.39 is 0 Å². The molecular formula is C16H19ClN2O2. The molecule has 2 rings (SSSR count). The van der Waals surface area contributed by atoms with E-state index in [4.69, 9.17) is 11.6 Å². The molecule has 1 aliphatic carbocycles. The normalized spacial score (nSPS) is 20.9. The van der Waals surface area contributed by atoms with Gasteiger partial charge in [-0.15, -0.1) is 0 Å². The summed E-state index contributed by atoms with van der Waals surface area (Å²) in [6.45, 7) is 0. The molecule has 2 amide bonds. The van der Waals surface area contributed by atoms with E-state index in [-0.39, 0.29) is 23.7 Å². The highest BCUT2D eigenvalue weighted by atomic mass is 35.5. The quantitative estimate of drug-likeness (QED) is 0.873. The Labute approximate surface area is 129 Å². The molecule has 2 unspecified atom stereocenters. The van der Waals surface area contributed by atoms with Crippen molar-refractivity contribution >= 4 is 29.1 Å². The Morgan fingerprint density at radius 2 is 1.67 bits per heavy atom. The van der Waals surface area contributed by atoms with Gasteiger partial charge in [0, 0.05) is 24.8 Å². The molecule has 0 bridgehead atoms. The number of halogens is 1. The first kappa shape index (κ1) is 15.6. The fourth-order valence-electron chi connectivity index (χ4n) is 2.48. The Hall–Kier alpha value is -1.81. The van der Waals surface area contributed by atoms with Gasteiger partial charge < -0.3 is 10.2 Å². The molecule has 0 aromatic heterocycles. The lowest BCUT2D eigenvalue weighted by atomic mass is 9.81. The smallest absolute Gasteiger partial charge is 0.228 e. The number of hydrogen-bond donors (Lipinski definition) is 1. The van der Waals surface area contributed by atoms with Crippen molar-refractivity contribution in [3.63, 3.8) is 0 Å². The summed E-state index contributed by atoms with van der Waals surface area (Å²) in [6.07, 6.45) is 5.13. The van der Waals surface area contributed by atoms with Crippen molar-refractivity contribution in [1.82, 2.24) is 4.90 Å². The van der Waals surface area contributed by atoms with Crippen LogP contribution in [0.5, 0.6) is 0 Å². The SMILES string of the molecule is CN(C)C(=O)C1CC=CCC1C(=O)Nc1ccc(Cl)cc1. The zero-order valence-corrected chi connectivity index (χ0v) is 12.9. The molecule has 0 aliphatic heterocycles. The number of nitrogens with one attached hydrogen (secondary N) is 1. The third-order valence-electron chi connectivity index (χ3n) is 3.64. The van der Waals surface area contributed by atoms with Crippen LogP contribution in [-0.4, -0.2) is 30.8 Å². The number of anilines is 1. The number of nitrogens with zero attached hydrogens (tertiary/aromatic N) is 1. The number of allylic oxidation sites excluding steroid dienone is 2. The van der Waals surface area contributed by atoms with Crippen molar-refractivity contribution in [3.05, 3.63) is 41.4 Å². The number of carbonyl (C=O) groups excluding carboxylic acids is 2. The molecule has 0 saturated heterocycles. The molecule has 1 aliphatic rings. The second-order valence-corrected chi connectivity index (χ2v) is 5.82. The third kappa shape index (κ3) is 3.85. The van der Waals surface area contributed by atoms with Crippen molar-refractivity contribution in [1.29, 1.82) is 0 Å². The van der Waals surface area contributed by atoms with Gasteiger partial charge in [-0.25, -0.2) is 0 Å². The summed E-state index contributed by atoms with van der Waals surface area (Å²) in [7, 11) is 3.43. The molecule has 112 valence electrons. The van der Waals surface area contributed by atoms with Gasteiger partial charge in [-0.05, 0) is 37.1 Å². The minimum Gasteiger partial charge on any atom is -0.349 e. The van der Waals surface area contributed by atoms with E-state index in [1.54, 1.807) is 43.3 Å². The maximum absolute atomic E-state index is 12.4. The zero-order valence-electron chi connectivity index (χ0n) is 12.2. The Morgan fingerprint density at radius 1 is 1.10 bits per heavy atom. The molecule has 1 aromatic carbocycles. The summed E-state index contributed by atoms with van der Waals surface area (Å²) < 4.78 is 0. The van der Waals surface area contributed by atoms with Crippen molar-refractivity contribution in [2.24, 2.45) is 11.8 Å². The van der Waals surface area contributed by atoms with E-state index >= 15 is 0 Å². The summed E-state index contributed by atoms with van der Waals surface area (Å²) in [4.78, 5) is 26.2. The van der Waals surface area contributed by atoms with Gasteiger partial charge >= 0.3 is 0 Å². The zero-order chi connectivity index (χ0) is 15.4. The molecule has 0 heterocycles. The summed E-state index contributed by atoms with van der Waals surface area (Å²) in [5, 5.41) is 3.48. The van der Waals surface area contributed by atoms with Gasteiger partial charge in [-0.3, -0.25) is 9.59 Å². The molecule has 5 heteroatoms. The Bertz CT molecular complexity index is 552. The first-order valence-corrected chi connectivity index (χ1v) is 7.29. The van der Waals surface area contributed by atoms with Crippen LogP contribution in [-0.2, 0) is 9.59 Å². The maximum Gasteiger partial charge on any atom is 0.228 e. The molecule has 0 spiro atoms. The maximum atomic E-state index is 12.4. The van der Waals surface area contributed by atoms with Crippen LogP contribution in [0.3, 0.4) is 0 Å². The summed E-state index contributed by atoms with van der Waals surface area (Å²) in [6, 6.07) is 6.95. The molecule has 0 radical (unpaired) electrons. The fraction of sp³-hybridized carbons (Fsp3) is 0.375. The summed E-state index contributed by atoms with van der Waals surface area (Å²) in [5.41, 5.74) is 0.690. The lowest BCUT2D eigenvalue weighted by Gasteiger charge is -2.28. The Balaban J connectivity index is 2.10. The van der Waals surface area contributed by atoms with Crippen LogP contribution in [0, 0.1) is 11.8 Å². The second-order valence-electron chi connectivity index (χ2n) is 5.38. The van der Waals surface area contributed by atoms with Gasteiger partial charge in [0.2, 0.25) is 11.8 Å². The molecule has 2 atom stereocenters. The van der Waals surface area contributed by atoms with Crippen LogP contribution >= 0.6 is 11.6 Å². The topological polar surface area (TPSA) is 49.4 Å². The lowest BCUT2D eigenvalue weighted by molar-refractivity contribution is -0.138. The number of hydrogen-bond acceptors (Lipinski definition) is 2. The van der Waals surface area contributed by atoms with E-state index in [1.165, 1.54) is 0 Å². The van der Waals surface area contributed by atoms with E-state index in [0.29, 0.717) is 23.6 Å². The van der Waals surface area contributed by atoms with Gasteiger partial charge in [-0.1, -0.05) is 23.8 Å². The Kier molecular flexibility index (Phi) is 5.02. The minimum atomic E-state index is -0.333. The molecule has 1 aromatic rings. The van der Waals surface area contributed by atoms with Crippen LogP contribution in [0.15, 0.2) is 36.4 Å². The van der Waals surface area contributed by atoms with Crippen molar-refractivity contribution in [2.45, 2.75) is 12.8 Å². The largest absolute Gasteiger partial charge is 0.349 e. The van der Waals surface area contributed by atoms with E-state index in [2.05, 4.69) is 5.32 Å². The average Bonchev–Trinajstić information content (AvgIpc) is 2.48. The number of rotatable bonds is 3. The van der Waals surface area contributed by atoms with Crippen LogP contribution in [0.1, 0.15) is 12.8 Å². The van der Waals surface area contributed by atoms with Gasteiger partial charge in [-0.2, -0.15) is 0 Å². The van der Waals surface area contributed by atoms with Gasteiger partial charge in [0.15, 0.2) is 0 Å². The molecule has 1 N–H and O–H groups in total. The summed E-state index contributed by atoms with van der Waals surface area (Å²) in [5.74, 6) is -0.754. The third-order valence-corrected chi connectivity index (χ3v) is 3.89. The Morgan fingerprint density at radius 3 is 2.24 bits per heavy atom. The van der Waals surface area contributed by atoms with Gasteiger partial charge in [0.1, 0.15) is 0 Å². The highest BCUT2D eigenvalue weighted by Gasteiger charge is 2.34. The van der Waals surface area contributed by atoms with Gasteiger partial charge in [0.25, 0.3) is 0 Å². The van der Waals surface area contributed by atoms with Crippen molar-refractivity contribution in [2.75, 3.05) is 19.4 Å². The highest BCUT2D eigenvalue weighted by molar-refractivity contribution is 6.30. The first-order chi connectivity index (χ1) is 9.99. The molecule has 0 saturated carbocycles. The van der Waals surface area contributed by atoms with E-state index in [9.17, 15) is 9.59 Å². The second kappa shape index (κ2) is 6.76. The van der Waals surface area contributed by atoms with E-state index in [0.717, 1.165) is 0 Å². The summed E-state index contributed by atoms with van der Waals surface area (Å²) >= 11 is 5.82. The highest BCUT2D eigenvalue weighted by Crippen LogP contribution is 2.28. The molecule has 0 fully saturated rings. The van der Waals surface area contributed by atoms with E-state index in [1.807, 2.05) is 12.2 Å². The molecule has 21 heavy (non-hydrogen) atoms. The predicted octanol–water partition coefficient (Wildman–Crippen LogP) is 2.95. The molecular weight excluding hydrogens is 288 g/mol. The number of carbonyl (C=O) groups is 2. The minimum absolute atomic E-state index is 0.00407. The van der Waals surface area contributed by atoms with Crippen molar-refractivity contribution in [3.8, 4) is 0 Å². The van der Waals surface area contributed by atoms with Crippen LogP contribution in [0.4, 0.5) is 5.69 Å². The lowest BCUT2D eigenvalue weighted by Crippen LogP contribution is -2.40. The monoisotopic (exact) mass is 306 g/mol. The van der Waals surface area contributed by atoms with Crippen LogP contribution in [0.25, 0.3) is 0 Å². The van der Waals surface area contributed by atoms with Crippen LogP contribution < -0.4 is 5.32 Å². The van der Waals surface area contributed by atoms with Crippen LogP contribution in [0.2, 0.25) is 5.02 Å². The predicted molar refractivity (Wildman–Crippen MR) is 84.1 cm³/mol.